The molecule has 1 aliphatic carbocycles. The van der Waals surface area contributed by atoms with E-state index < -0.39 is 0 Å². The molecule has 0 heterocycles. The van der Waals surface area contributed by atoms with Gasteiger partial charge in [-0.05, 0) is 85.8 Å². The summed E-state index contributed by atoms with van der Waals surface area (Å²) in [6, 6.07) is 5.12. The van der Waals surface area contributed by atoms with Crippen LogP contribution < -0.4 is 0 Å². The standard InChI is InChI=1S/C27H37FO2/c1-8-10-16-30-26(29)22-13-14-23(21(9-2)17-22)25(28)20(5)19(4)24-18(3)12-11-15-27(24,6)7/h13-14,17H,4,8-12,15-16H2,1-3,5-7H3. The lowest BCUT2D eigenvalue weighted by Gasteiger charge is -2.36. The molecule has 0 fully saturated rings. The fourth-order valence-corrected chi connectivity index (χ4v) is 4.43. The van der Waals surface area contributed by atoms with Crippen LogP contribution in [0.3, 0.4) is 0 Å². The monoisotopic (exact) mass is 412 g/mol. The zero-order valence-corrected chi connectivity index (χ0v) is 19.6. The minimum Gasteiger partial charge on any atom is -0.462 e. The Balaban J connectivity index is 2.38. The van der Waals surface area contributed by atoms with Gasteiger partial charge in [0.1, 0.15) is 5.83 Å². The molecule has 1 aromatic rings. The van der Waals surface area contributed by atoms with Crippen molar-refractivity contribution in [3.05, 3.63) is 63.8 Å². The Bertz CT molecular complexity index is 871. The van der Waals surface area contributed by atoms with Crippen LogP contribution in [0.2, 0.25) is 0 Å². The predicted molar refractivity (Wildman–Crippen MR) is 124 cm³/mol. The molecule has 0 radical (unpaired) electrons. The van der Waals surface area contributed by atoms with Crippen molar-refractivity contribution in [2.45, 2.75) is 80.1 Å². The Morgan fingerprint density at radius 1 is 1.27 bits per heavy atom. The molecule has 0 bridgehead atoms. The number of aryl methyl sites for hydroxylation is 1. The van der Waals surface area contributed by atoms with E-state index in [-0.39, 0.29) is 17.2 Å². The average Bonchev–Trinajstić information content (AvgIpc) is 2.71. The summed E-state index contributed by atoms with van der Waals surface area (Å²) in [5.74, 6) is -0.607. The van der Waals surface area contributed by atoms with E-state index in [4.69, 9.17) is 4.74 Å². The summed E-state index contributed by atoms with van der Waals surface area (Å²) >= 11 is 0. The van der Waals surface area contributed by atoms with Gasteiger partial charge >= 0.3 is 5.97 Å². The van der Waals surface area contributed by atoms with Gasteiger partial charge < -0.3 is 4.74 Å². The number of hydrogen-bond donors (Lipinski definition) is 0. The normalized spacial score (nSPS) is 16.9. The smallest absolute Gasteiger partial charge is 0.338 e. The van der Waals surface area contributed by atoms with Gasteiger partial charge in [0.15, 0.2) is 0 Å². The Labute approximate surface area is 181 Å². The topological polar surface area (TPSA) is 26.3 Å². The highest BCUT2D eigenvalue weighted by Crippen LogP contribution is 2.46. The van der Waals surface area contributed by atoms with Gasteiger partial charge in [0.25, 0.3) is 0 Å². The van der Waals surface area contributed by atoms with Crippen molar-refractivity contribution in [1.82, 2.24) is 0 Å². The number of carbonyl (C=O) groups is 1. The van der Waals surface area contributed by atoms with Crippen LogP contribution in [0.25, 0.3) is 5.83 Å². The second kappa shape index (κ2) is 10.2. The molecule has 2 nitrogen and oxygen atoms in total. The lowest BCUT2D eigenvalue weighted by Crippen LogP contribution is -2.22. The van der Waals surface area contributed by atoms with Gasteiger partial charge in [-0.15, -0.1) is 0 Å². The van der Waals surface area contributed by atoms with Gasteiger partial charge in [0.05, 0.1) is 12.2 Å². The third-order valence-corrected chi connectivity index (χ3v) is 6.23. The van der Waals surface area contributed by atoms with E-state index in [1.54, 1.807) is 18.2 Å². The quantitative estimate of drug-likeness (QED) is 0.246. The maximum absolute atomic E-state index is 15.6. The number of hydrogen-bond acceptors (Lipinski definition) is 2. The van der Waals surface area contributed by atoms with Crippen molar-refractivity contribution in [1.29, 1.82) is 0 Å². The second-order valence-corrected chi connectivity index (χ2v) is 9.03. The van der Waals surface area contributed by atoms with E-state index >= 15 is 4.39 Å². The molecule has 2 rings (SSSR count). The Morgan fingerprint density at radius 2 is 1.97 bits per heavy atom. The lowest BCUT2D eigenvalue weighted by atomic mass is 9.69. The summed E-state index contributed by atoms with van der Waals surface area (Å²) in [7, 11) is 0. The van der Waals surface area contributed by atoms with Crippen LogP contribution in [0.15, 0.2) is 47.1 Å². The molecule has 0 saturated carbocycles. The first-order valence-electron chi connectivity index (χ1n) is 11.2. The van der Waals surface area contributed by atoms with Gasteiger partial charge in [0, 0.05) is 5.56 Å². The maximum Gasteiger partial charge on any atom is 0.338 e. The largest absolute Gasteiger partial charge is 0.462 e. The van der Waals surface area contributed by atoms with Gasteiger partial charge in [-0.2, -0.15) is 0 Å². The summed E-state index contributed by atoms with van der Waals surface area (Å²) in [6.45, 7) is 17.1. The van der Waals surface area contributed by atoms with Crippen molar-refractivity contribution in [3.63, 3.8) is 0 Å². The molecule has 0 unspecified atom stereocenters. The zero-order chi connectivity index (χ0) is 22.5. The Morgan fingerprint density at radius 3 is 2.57 bits per heavy atom. The fourth-order valence-electron chi connectivity index (χ4n) is 4.43. The first-order chi connectivity index (χ1) is 14.1. The number of carbonyl (C=O) groups excluding carboxylic acids is 1. The average molecular weight is 413 g/mol. The summed E-state index contributed by atoms with van der Waals surface area (Å²) < 4.78 is 20.9. The van der Waals surface area contributed by atoms with Crippen LogP contribution in [0.4, 0.5) is 4.39 Å². The van der Waals surface area contributed by atoms with Crippen molar-refractivity contribution in [2.24, 2.45) is 5.41 Å². The zero-order valence-electron chi connectivity index (χ0n) is 19.6. The molecule has 0 saturated heterocycles. The first kappa shape index (κ1) is 24.1. The van der Waals surface area contributed by atoms with Crippen LogP contribution >= 0.6 is 0 Å². The SMILES string of the molecule is C=C(C(C)=C(F)c1ccc(C(=O)OCCCC)cc1CC)C1=C(C)CCCC1(C)C. The molecule has 0 aromatic heterocycles. The van der Waals surface area contributed by atoms with Crippen molar-refractivity contribution < 1.29 is 13.9 Å². The number of allylic oxidation sites excluding steroid dienone is 4. The third kappa shape index (κ3) is 5.30. The molecule has 164 valence electrons. The highest BCUT2D eigenvalue weighted by molar-refractivity contribution is 5.90. The second-order valence-electron chi connectivity index (χ2n) is 9.03. The van der Waals surface area contributed by atoms with Crippen molar-refractivity contribution in [2.75, 3.05) is 6.61 Å². The molecule has 0 atom stereocenters. The van der Waals surface area contributed by atoms with E-state index in [9.17, 15) is 4.79 Å². The van der Waals surface area contributed by atoms with E-state index in [0.29, 0.717) is 29.7 Å². The highest BCUT2D eigenvalue weighted by atomic mass is 19.1. The minimum atomic E-state index is -0.347. The van der Waals surface area contributed by atoms with Crippen LogP contribution in [-0.4, -0.2) is 12.6 Å². The summed E-state index contributed by atoms with van der Waals surface area (Å²) in [5, 5.41) is 0. The maximum atomic E-state index is 15.6. The molecule has 3 heteroatoms. The van der Waals surface area contributed by atoms with E-state index in [1.807, 2.05) is 13.8 Å². The molecule has 1 aromatic carbocycles. The predicted octanol–water partition coefficient (Wildman–Crippen LogP) is 7.99. The Kier molecular flexibility index (Phi) is 8.23. The number of rotatable bonds is 8. The van der Waals surface area contributed by atoms with Crippen molar-refractivity contribution >= 4 is 11.8 Å². The molecule has 0 spiro atoms. The van der Waals surface area contributed by atoms with E-state index in [1.165, 1.54) is 11.1 Å². The van der Waals surface area contributed by atoms with Crippen LogP contribution in [-0.2, 0) is 11.2 Å². The van der Waals surface area contributed by atoms with Gasteiger partial charge in [-0.3, -0.25) is 0 Å². The third-order valence-electron chi connectivity index (χ3n) is 6.23. The number of esters is 1. The molecular formula is C27H37FO2. The lowest BCUT2D eigenvalue weighted by molar-refractivity contribution is 0.0499. The number of unbranched alkanes of at least 4 members (excludes halogenated alkanes) is 1. The van der Waals surface area contributed by atoms with E-state index in [2.05, 4.69) is 34.3 Å². The van der Waals surface area contributed by atoms with Crippen LogP contribution in [0.5, 0.6) is 0 Å². The number of halogens is 1. The molecular weight excluding hydrogens is 375 g/mol. The minimum absolute atomic E-state index is 0.000642. The summed E-state index contributed by atoms with van der Waals surface area (Å²) in [4.78, 5) is 12.3. The van der Waals surface area contributed by atoms with Gasteiger partial charge in [-0.25, -0.2) is 9.18 Å². The molecule has 0 N–H and O–H groups in total. The van der Waals surface area contributed by atoms with Crippen LogP contribution in [0, 0.1) is 5.41 Å². The van der Waals surface area contributed by atoms with Gasteiger partial charge in [0.2, 0.25) is 0 Å². The number of ether oxygens (including phenoxy) is 1. The molecule has 0 amide bonds. The van der Waals surface area contributed by atoms with Crippen molar-refractivity contribution in [3.8, 4) is 0 Å². The fraction of sp³-hybridized carbons (Fsp3) is 0.519. The van der Waals surface area contributed by atoms with Gasteiger partial charge in [-0.1, -0.05) is 52.3 Å². The number of benzene rings is 1. The molecule has 1 aliphatic rings. The highest BCUT2D eigenvalue weighted by Gasteiger charge is 2.31. The van der Waals surface area contributed by atoms with E-state index in [0.717, 1.165) is 43.2 Å². The molecule has 30 heavy (non-hydrogen) atoms. The Hall–Kier alpha value is -2.16. The first-order valence-corrected chi connectivity index (χ1v) is 11.2. The molecule has 0 aliphatic heterocycles. The summed E-state index contributed by atoms with van der Waals surface area (Å²) in [5.41, 5.74) is 5.68. The summed E-state index contributed by atoms with van der Waals surface area (Å²) in [6.07, 6.45) is 5.74. The van der Waals surface area contributed by atoms with Crippen LogP contribution in [0.1, 0.15) is 95.1 Å².